The van der Waals surface area contributed by atoms with Gasteiger partial charge in [-0.2, -0.15) is 0 Å². The second-order valence-corrected chi connectivity index (χ2v) is 7.26. The van der Waals surface area contributed by atoms with Crippen molar-refractivity contribution in [1.29, 1.82) is 0 Å². The fraction of sp³-hybridized carbons (Fsp3) is 0.238. The summed E-state index contributed by atoms with van der Waals surface area (Å²) in [5, 5.41) is 7.72. The summed E-state index contributed by atoms with van der Waals surface area (Å²) in [6, 6.07) is 13.0. The molecular formula is C21H20Cl2N2O2. The van der Waals surface area contributed by atoms with Crippen LogP contribution in [0, 0.1) is 6.92 Å². The van der Waals surface area contributed by atoms with E-state index in [0.29, 0.717) is 44.2 Å². The summed E-state index contributed by atoms with van der Waals surface area (Å²) in [5.41, 5.74) is 3.06. The van der Waals surface area contributed by atoms with Crippen molar-refractivity contribution in [2.45, 2.75) is 33.1 Å². The number of nitrogens with one attached hydrogen (secondary N) is 1. The van der Waals surface area contributed by atoms with Crippen LogP contribution >= 0.6 is 23.2 Å². The number of amides is 1. The molecule has 0 aliphatic carbocycles. The number of nitrogens with zero attached hydrogens (tertiary/aromatic N) is 1. The fourth-order valence-corrected chi connectivity index (χ4v) is 3.43. The fourth-order valence-electron chi connectivity index (χ4n) is 2.86. The summed E-state index contributed by atoms with van der Waals surface area (Å²) >= 11 is 12.5. The van der Waals surface area contributed by atoms with Crippen molar-refractivity contribution in [3.05, 3.63) is 69.4 Å². The highest BCUT2D eigenvalue weighted by Gasteiger charge is 2.25. The molecular weight excluding hydrogens is 383 g/mol. The first-order chi connectivity index (χ1) is 12.9. The second-order valence-electron chi connectivity index (χ2n) is 6.44. The Bertz CT molecular complexity index is 945. The molecule has 1 heterocycles. The molecule has 6 heteroatoms. The summed E-state index contributed by atoms with van der Waals surface area (Å²) in [6.45, 7) is 6.01. The van der Waals surface area contributed by atoms with E-state index in [0.717, 1.165) is 6.42 Å². The van der Waals surface area contributed by atoms with Crippen molar-refractivity contribution in [2.24, 2.45) is 0 Å². The van der Waals surface area contributed by atoms with E-state index in [1.165, 1.54) is 5.56 Å². The Balaban J connectivity index is 1.91. The SMILES string of the molecule is CC[C@H](C)c1ccc(NC(=O)c2c(-c3c(Cl)cccc3Cl)noc2C)cc1. The summed E-state index contributed by atoms with van der Waals surface area (Å²) in [4.78, 5) is 12.9. The monoisotopic (exact) mass is 402 g/mol. The number of rotatable bonds is 5. The van der Waals surface area contributed by atoms with Gasteiger partial charge < -0.3 is 9.84 Å². The van der Waals surface area contributed by atoms with Crippen LogP contribution in [0.1, 0.15) is 47.9 Å². The summed E-state index contributed by atoms with van der Waals surface area (Å²) in [6.07, 6.45) is 1.06. The number of aromatic nitrogens is 1. The van der Waals surface area contributed by atoms with Crippen molar-refractivity contribution in [3.8, 4) is 11.3 Å². The van der Waals surface area contributed by atoms with Gasteiger partial charge in [0, 0.05) is 11.3 Å². The highest BCUT2D eigenvalue weighted by atomic mass is 35.5. The number of anilines is 1. The van der Waals surface area contributed by atoms with Gasteiger partial charge in [-0.3, -0.25) is 4.79 Å². The van der Waals surface area contributed by atoms with E-state index in [2.05, 4.69) is 24.3 Å². The lowest BCUT2D eigenvalue weighted by Gasteiger charge is -2.11. The average Bonchev–Trinajstić information content (AvgIpc) is 3.03. The second kappa shape index (κ2) is 8.15. The Morgan fingerprint density at radius 2 is 1.78 bits per heavy atom. The average molecular weight is 403 g/mol. The van der Waals surface area contributed by atoms with Gasteiger partial charge in [-0.05, 0) is 49.1 Å². The van der Waals surface area contributed by atoms with Gasteiger partial charge in [-0.25, -0.2) is 0 Å². The predicted molar refractivity (Wildman–Crippen MR) is 110 cm³/mol. The minimum Gasteiger partial charge on any atom is -0.360 e. The van der Waals surface area contributed by atoms with Crippen LogP contribution in [-0.2, 0) is 0 Å². The van der Waals surface area contributed by atoms with Crippen molar-refractivity contribution >= 4 is 34.8 Å². The van der Waals surface area contributed by atoms with Gasteiger partial charge in [0.25, 0.3) is 5.91 Å². The standard InChI is InChI=1S/C21H20Cl2N2O2/c1-4-12(2)14-8-10-15(11-9-14)24-21(26)18-13(3)27-25-20(18)19-16(22)6-5-7-17(19)23/h5-12H,4H2,1-3H3,(H,24,26)/t12-/m0/s1. The van der Waals surface area contributed by atoms with Crippen molar-refractivity contribution in [2.75, 3.05) is 5.32 Å². The van der Waals surface area contributed by atoms with E-state index in [1.807, 2.05) is 24.3 Å². The molecule has 140 valence electrons. The molecule has 0 aliphatic heterocycles. The molecule has 3 rings (SSSR count). The molecule has 0 spiro atoms. The molecule has 1 atom stereocenters. The topological polar surface area (TPSA) is 55.1 Å². The zero-order valence-corrected chi connectivity index (χ0v) is 16.9. The van der Waals surface area contributed by atoms with Crippen LogP contribution in [-0.4, -0.2) is 11.1 Å². The minimum atomic E-state index is -0.323. The Labute approximate surface area is 168 Å². The molecule has 1 aromatic heterocycles. The van der Waals surface area contributed by atoms with Gasteiger partial charge in [0.05, 0.1) is 10.0 Å². The van der Waals surface area contributed by atoms with Crippen LogP contribution in [0.3, 0.4) is 0 Å². The third-order valence-electron chi connectivity index (χ3n) is 4.64. The lowest BCUT2D eigenvalue weighted by molar-refractivity contribution is 0.102. The Kier molecular flexibility index (Phi) is 5.88. The smallest absolute Gasteiger partial charge is 0.261 e. The molecule has 1 amide bonds. The first-order valence-electron chi connectivity index (χ1n) is 8.74. The summed E-state index contributed by atoms with van der Waals surface area (Å²) in [5.74, 6) is 0.551. The van der Waals surface area contributed by atoms with E-state index in [9.17, 15) is 4.79 Å². The number of hydrogen-bond donors (Lipinski definition) is 1. The molecule has 0 bridgehead atoms. The van der Waals surface area contributed by atoms with Gasteiger partial charge in [0.1, 0.15) is 17.0 Å². The van der Waals surface area contributed by atoms with Gasteiger partial charge in [0.15, 0.2) is 0 Å². The van der Waals surface area contributed by atoms with Gasteiger partial charge in [-0.15, -0.1) is 0 Å². The van der Waals surface area contributed by atoms with Crippen LogP contribution in [0.15, 0.2) is 47.0 Å². The van der Waals surface area contributed by atoms with Crippen molar-refractivity contribution in [1.82, 2.24) is 5.16 Å². The van der Waals surface area contributed by atoms with E-state index >= 15 is 0 Å². The van der Waals surface area contributed by atoms with Crippen LogP contribution < -0.4 is 5.32 Å². The van der Waals surface area contributed by atoms with Crippen LogP contribution in [0.5, 0.6) is 0 Å². The number of benzene rings is 2. The molecule has 4 nitrogen and oxygen atoms in total. The molecule has 27 heavy (non-hydrogen) atoms. The van der Waals surface area contributed by atoms with E-state index in [4.69, 9.17) is 27.7 Å². The molecule has 1 N–H and O–H groups in total. The molecule has 0 radical (unpaired) electrons. The number of carbonyl (C=O) groups excluding carboxylic acids is 1. The Morgan fingerprint density at radius 3 is 2.37 bits per heavy atom. The van der Waals surface area contributed by atoms with Crippen molar-refractivity contribution < 1.29 is 9.32 Å². The van der Waals surface area contributed by atoms with Crippen molar-refractivity contribution in [3.63, 3.8) is 0 Å². The minimum absolute atomic E-state index is 0.316. The van der Waals surface area contributed by atoms with Crippen LogP contribution in [0.25, 0.3) is 11.3 Å². The molecule has 3 aromatic rings. The van der Waals surface area contributed by atoms with Crippen LogP contribution in [0.2, 0.25) is 10.0 Å². The highest BCUT2D eigenvalue weighted by molar-refractivity contribution is 6.39. The van der Waals surface area contributed by atoms with E-state index in [-0.39, 0.29) is 5.91 Å². The predicted octanol–water partition coefficient (Wildman–Crippen LogP) is 6.72. The molecule has 0 unspecified atom stereocenters. The zero-order chi connectivity index (χ0) is 19.6. The summed E-state index contributed by atoms with van der Waals surface area (Å²) in [7, 11) is 0. The highest BCUT2D eigenvalue weighted by Crippen LogP contribution is 2.37. The molecule has 0 aliphatic rings. The van der Waals surface area contributed by atoms with E-state index in [1.54, 1.807) is 25.1 Å². The van der Waals surface area contributed by atoms with Gasteiger partial charge in [0.2, 0.25) is 0 Å². The number of aryl methyl sites for hydroxylation is 1. The lowest BCUT2D eigenvalue weighted by atomic mass is 9.98. The van der Waals surface area contributed by atoms with Gasteiger partial charge >= 0.3 is 0 Å². The Hall–Kier alpha value is -2.30. The molecule has 0 fully saturated rings. The third kappa shape index (κ3) is 4.02. The summed E-state index contributed by atoms with van der Waals surface area (Å²) < 4.78 is 5.26. The number of carbonyl (C=O) groups is 1. The maximum Gasteiger partial charge on any atom is 0.261 e. The number of halogens is 2. The maximum atomic E-state index is 12.9. The lowest BCUT2D eigenvalue weighted by Crippen LogP contribution is -2.13. The quantitative estimate of drug-likeness (QED) is 0.514. The number of hydrogen-bond acceptors (Lipinski definition) is 3. The Morgan fingerprint density at radius 1 is 1.15 bits per heavy atom. The third-order valence-corrected chi connectivity index (χ3v) is 5.27. The first-order valence-corrected chi connectivity index (χ1v) is 9.50. The maximum absolute atomic E-state index is 12.9. The molecule has 0 saturated heterocycles. The van der Waals surface area contributed by atoms with Crippen LogP contribution in [0.4, 0.5) is 5.69 Å². The first kappa shape index (κ1) is 19.5. The molecule has 0 saturated carbocycles. The largest absolute Gasteiger partial charge is 0.360 e. The van der Waals surface area contributed by atoms with E-state index < -0.39 is 0 Å². The zero-order valence-electron chi connectivity index (χ0n) is 15.3. The molecule has 2 aromatic carbocycles. The van der Waals surface area contributed by atoms with Gasteiger partial charge in [-0.1, -0.05) is 60.4 Å². The normalized spacial score (nSPS) is 12.0.